The number of anilines is 1. The second kappa shape index (κ2) is 5.79. The van der Waals surface area contributed by atoms with Crippen LogP contribution in [0.15, 0.2) is 36.4 Å². The standard InChI is InChI=1S/C14H11ClINO2/c1-19-13-5-2-8(16)6-11(13)14(18)10-4-3-9(17)7-12(10)15/h2-7H,17H2,1H3. The maximum Gasteiger partial charge on any atom is 0.198 e. The molecule has 2 aromatic rings. The zero-order chi connectivity index (χ0) is 14.0. The van der Waals surface area contributed by atoms with Gasteiger partial charge in [0.15, 0.2) is 5.78 Å². The Bertz CT molecular complexity index is 643. The van der Waals surface area contributed by atoms with Gasteiger partial charge in [0.2, 0.25) is 0 Å². The Morgan fingerprint density at radius 3 is 2.58 bits per heavy atom. The Balaban J connectivity index is 2.52. The van der Waals surface area contributed by atoms with E-state index in [9.17, 15) is 4.79 Å². The monoisotopic (exact) mass is 387 g/mol. The molecular weight excluding hydrogens is 377 g/mol. The molecule has 98 valence electrons. The van der Waals surface area contributed by atoms with Crippen LogP contribution in [-0.4, -0.2) is 12.9 Å². The number of nitrogen functional groups attached to an aromatic ring is 1. The Morgan fingerprint density at radius 1 is 1.21 bits per heavy atom. The molecule has 5 heteroatoms. The fraction of sp³-hybridized carbons (Fsp3) is 0.0714. The summed E-state index contributed by atoms with van der Waals surface area (Å²) in [6.45, 7) is 0. The highest BCUT2D eigenvalue weighted by molar-refractivity contribution is 14.1. The number of methoxy groups -OCH3 is 1. The van der Waals surface area contributed by atoms with E-state index in [-0.39, 0.29) is 5.78 Å². The zero-order valence-corrected chi connectivity index (χ0v) is 13.0. The van der Waals surface area contributed by atoms with Crippen molar-refractivity contribution in [2.45, 2.75) is 0 Å². The summed E-state index contributed by atoms with van der Waals surface area (Å²) in [4.78, 5) is 12.5. The highest BCUT2D eigenvalue weighted by atomic mass is 127. The van der Waals surface area contributed by atoms with Gasteiger partial charge in [-0.1, -0.05) is 11.6 Å². The maximum atomic E-state index is 12.5. The van der Waals surface area contributed by atoms with Crippen molar-refractivity contribution in [3.63, 3.8) is 0 Å². The lowest BCUT2D eigenvalue weighted by atomic mass is 10.0. The zero-order valence-electron chi connectivity index (χ0n) is 10.1. The summed E-state index contributed by atoms with van der Waals surface area (Å²) in [6, 6.07) is 10.3. The second-order valence-electron chi connectivity index (χ2n) is 3.91. The van der Waals surface area contributed by atoms with Crippen LogP contribution >= 0.6 is 34.2 Å². The first-order chi connectivity index (χ1) is 9.02. The number of carbonyl (C=O) groups is 1. The maximum absolute atomic E-state index is 12.5. The van der Waals surface area contributed by atoms with Gasteiger partial charge in [-0.2, -0.15) is 0 Å². The quantitative estimate of drug-likeness (QED) is 0.495. The molecule has 0 amide bonds. The third-order valence-corrected chi connectivity index (χ3v) is 3.63. The van der Waals surface area contributed by atoms with Gasteiger partial charge in [0, 0.05) is 14.8 Å². The van der Waals surface area contributed by atoms with E-state index in [1.54, 1.807) is 30.3 Å². The molecule has 2 rings (SSSR count). The number of hydrogen-bond donors (Lipinski definition) is 1. The summed E-state index contributed by atoms with van der Waals surface area (Å²) in [5.41, 5.74) is 7.05. The molecule has 3 nitrogen and oxygen atoms in total. The molecule has 0 aromatic heterocycles. The van der Waals surface area contributed by atoms with Crippen molar-refractivity contribution in [3.8, 4) is 5.75 Å². The van der Waals surface area contributed by atoms with Crippen molar-refractivity contribution >= 4 is 45.7 Å². The van der Waals surface area contributed by atoms with Gasteiger partial charge >= 0.3 is 0 Å². The van der Waals surface area contributed by atoms with E-state index in [0.29, 0.717) is 27.6 Å². The van der Waals surface area contributed by atoms with Crippen molar-refractivity contribution in [1.82, 2.24) is 0 Å². The summed E-state index contributed by atoms with van der Waals surface area (Å²) in [5, 5.41) is 0.339. The third kappa shape index (κ3) is 3.01. The van der Waals surface area contributed by atoms with Crippen LogP contribution in [0.3, 0.4) is 0 Å². The highest BCUT2D eigenvalue weighted by Gasteiger charge is 2.17. The molecule has 0 saturated carbocycles. The van der Waals surface area contributed by atoms with Crippen LogP contribution in [0.1, 0.15) is 15.9 Å². The van der Waals surface area contributed by atoms with Gasteiger partial charge in [-0.3, -0.25) is 4.79 Å². The fourth-order valence-corrected chi connectivity index (χ4v) is 2.48. The first-order valence-corrected chi connectivity index (χ1v) is 6.92. The molecule has 0 spiro atoms. The number of carbonyl (C=O) groups excluding carboxylic acids is 1. The lowest BCUT2D eigenvalue weighted by molar-refractivity contribution is 0.103. The van der Waals surface area contributed by atoms with Gasteiger partial charge in [-0.15, -0.1) is 0 Å². The summed E-state index contributed by atoms with van der Waals surface area (Å²) >= 11 is 8.21. The number of halogens is 2. The van der Waals surface area contributed by atoms with Crippen LogP contribution in [0.4, 0.5) is 5.69 Å². The Kier molecular flexibility index (Phi) is 4.31. The fourth-order valence-electron chi connectivity index (χ4n) is 1.72. The van der Waals surface area contributed by atoms with E-state index in [1.807, 2.05) is 6.07 Å². The van der Waals surface area contributed by atoms with Gasteiger partial charge in [-0.05, 0) is 59.0 Å². The Labute approximate surface area is 129 Å². The molecule has 0 atom stereocenters. The molecule has 0 bridgehead atoms. The molecule has 0 aliphatic rings. The number of nitrogens with two attached hydrogens (primary N) is 1. The first kappa shape index (κ1) is 14.1. The first-order valence-electron chi connectivity index (χ1n) is 5.46. The number of benzene rings is 2. The lowest BCUT2D eigenvalue weighted by Gasteiger charge is -2.09. The van der Waals surface area contributed by atoms with Crippen molar-refractivity contribution < 1.29 is 9.53 Å². The molecule has 0 saturated heterocycles. The minimum Gasteiger partial charge on any atom is -0.496 e. The van der Waals surface area contributed by atoms with Crippen LogP contribution in [0, 0.1) is 3.57 Å². The SMILES string of the molecule is COc1ccc(I)cc1C(=O)c1ccc(N)cc1Cl. The second-order valence-corrected chi connectivity index (χ2v) is 5.57. The van der Waals surface area contributed by atoms with Crippen LogP contribution in [0.5, 0.6) is 5.75 Å². The van der Waals surface area contributed by atoms with Crippen molar-refractivity contribution in [3.05, 3.63) is 56.1 Å². The molecule has 2 aromatic carbocycles. The molecule has 0 radical (unpaired) electrons. The van der Waals surface area contributed by atoms with E-state index < -0.39 is 0 Å². The van der Waals surface area contributed by atoms with Crippen molar-refractivity contribution in [2.75, 3.05) is 12.8 Å². The third-order valence-electron chi connectivity index (χ3n) is 2.64. The van der Waals surface area contributed by atoms with Gasteiger partial charge in [0.05, 0.1) is 17.7 Å². The van der Waals surface area contributed by atoms with Gasteiger partial charge < -0.3 is 10.5 Å². The average molecular weight is 388 g/mol. The van der Waals surface area contributed by atoms with Crippen molar-refractivity contribution in [2.24, 2.45) is 0 Å². The highest BCUT2D eigenvalue weighted by Crippen LogP contribution is 2.27. The predicted octanol–water partition coefficient (Wildman–Crippen LogP) is 3.77. The number of ether oxygens (including phenoxy) is 1. The van der Waals surface area contributed by atoms with Gasteiger partial charge in [0.25, 0.3) is 0 Å². The number of ketones is 1. The minimum absolute atomic E-state index is 0.180. The smallest absolute Gasteiger partial charge is 0.198 e. The van der Waals surface area contributed by atoms with E-state index in [1.165, 1.54) is 7.11 Å². The van der Waals surface area contributed by atoms with Gasteiger partial charge in [0.1, 0.15) is 5.75 Å². The van der Waals surface area contributed by atoms with Crippen LogP contribution in [0.25, 0.3) is 0 Å². The molecule has 0 unspecified atom stereocenters. The molecule has 19 heavy (non-hydrogen) atoms. The summed E-state index contributed by atoms with van der Waals surface area (Å²) in [7, 11) is 1.53. The normalized spacial score (nSPS) is 10.3. The molecule has 2 N–H and O–H groups in total. The molecule has 0 fully saturated rings. The van der Waals surface area contributed by atoms with E-state index in [0.717, 1.165) is 3.57 Å². The van der Waals surface area contributed by atoms with E-state index in [4.69, 9.17) is 22.1 Å². The molecule has 0 aliphatic heterocycles. The van der Waals surface area contributed by atoms with Crippen LogP contribution in [-0.2, 0) is 0 Å². The van der Waals surface area contributed by atoms with Crippen LogP contribution in [0.2, 0.25) is 5.02 Å². The Hall–Kier alpha value is -1.27. The van der Waals surface area contributed by atoms with E-state index in [2.05, 4.69) is 22.6 Å². The largest absolute Gasteiger partial charge is 0.496 e. The molecule has 0 aliphatic carbocycles. The van der Waals surface area contributed by atoms with Gasteiger partial charge in [-0.25, -0.2) is 0 Å². The summed E-state index contributed by atoms with van der Waals surface area (Å²) in [5.74, 6) is 0.346. The van der Waals surface area contributed by atoms with E-state index >= 15 is 0 Å². The lowest BCUT2D eigenvalue weighted by Crippen LogP contribution is -2.05. The summed E-state index contributed by atoms with van der Waals surface area (Å²) in [6.07, 6.45) is 0. The molecular formula is C14H11ClINO2. The Morgan fingerprint density at radius 2 is 1.95 bits per heavy atom. The average Bonchev–Trinajstić information content (AvgIpc) is 2.38. The van der Waals surface area contributed by atoms with Crippen molar-refractivity contribution in [1.29, 1.82) is 0 Å². The predicted molar refractivity (Wildman–Crippen MR) is 85.0 cm³/mol. The topological polar surface area (TPSA) is 52.3 Å². The number of hydrogen-bond acceptors (Lipinski definition) is 3. The minimum atomic E-state index is -0.180. The van der Waals surface area contributed by atoms with Crippen LogP contribution < -0.4 is 10.5 Å². The summed E-state index contributed by atoms with van der Waals surface area (Å²) < 4.78 is 6.17. The molecule has 0 heterocycles. The number of rotatable bonds is 3.